The van der Waals surface area contributed by atoms with Crippen molar-refractivity contribution >= 4 is 11.8 Å². The summed E-state index contributed by atoms with van der Waals surface area (Å²) in [5.41, 5.74) is 5.17. The predicted octanol–water partition coefficient (Wildman–Crippen LogP) is 2.86. The van der Waals surface area contributed by atoms with E-state index in [-0.39, 0.29) is 11.0 Å². The summed E-state index contributed by atoms with van der Waals surface area (Å²) in [6, 6.07) is 8.79. The fourth-order valence-electron chi connectivity index (χ4n) is 4.00. The van der Waals surface area contributed by atoms with Gasteiger partial charge in [0.2, 0.25) is 0 Å². The fourth-order valence-corrected chi connectivity index (χ4v) is 4.40. The minimum absolute atomic E-state index is 0.0606. The van der Waals surface area contributed by atoms with Crippen molar-refractivity contribution in [3.8, 4) is 0 Å². The molecule has 2 aromatic rings. The van der Waals surface area contributed by atoms with E-state index in [1.165, 1.54) is 29.3 Å². The van der Waals surface area contributed by atoms with E-state index in [0.717, 1.165) is 42.1 Å². The number of H-pyrrole nitrogens is 1. The van der Waals surface area contributed by atoms with Crippen LogP contribution < -0.4 is 5.56 Å². The van der Waals surface area contributed by atoms with Crippen molar-refractivity contribution in [3.63, 3.8) is 0 Å². The molecule has 0 fully saturated rings. The summed E-state index contributed by atoms with van der Waals surface area (Å²) in [6.45, 7) is 0. The van der Waals surface area contributed by atoms with Crippen LogP contribution in [0.4, 0.5) is 0 Å². The van der Waals surface area contributed by atoms with Crippen molar-refractivity contribution in [2.45, 2.75) is 42.7 Å². The Morgan fingerprint density at radius 1 is 1.24 bits per heavy atom. The van der Waals surface area contributed by atoms with Crippen LogP contribution in [-0.2, 0) is 24.7 Å². The monoisotopic (exact) mass is 298 g/mol. The molecular weight excluding hydrogens is 280 g/mol. The molecule has 1 aromatic heterocycles. The second kappa shape index (κ2) is 4.73. The number of aromatic amines is 1. The van der Waals surface area contributed by atoms with Crippen LogP contribution in [0.5, 0.6) is 0 Å². The average molecular weight is 298 g/mol. The zero-order valence-corrected chi connectivity index (χ0v) is 12.9. The molecule has 4 rings (SSSR count). The Labute approximate surface area is 128 Å². The van der Waals surface area contributed by atoms with Gasteiger partial charge in [0.15, 0.2) is 5.16 Å². The largest absolute Gasteiger partial charge is 0.301 e. The number of rotatable bonds is 1. The Hall–Kier alpha value is -1.55. The summed E-state index contributed by atoms with van der Waals surface area (Å²) in [5, 5.41) is 0.738. The van der Waals surface area contributed by atoms with Gasteiger partial charge in [0.1, 0.15) is 0 Å². The molecule has 2 aliphatic rings. The molecule has 0 saturated carbocycles. The summed E-state index contributed by atoms with van der Waals surface area (Å²) in [5.74, 6) is 0. The first-order valence-electron chi connectivity index (χ1n) is 7.46. The molecular formula is C17H18N2OS. The van der Waals surface area contributed by atoms with Gasteiger partial charge in [-0.1, -0.05) is 36.0 Å². The smallest absolute Gasteiger partial charge is 0.254 e. The molecule has 1 aromatic carbocycles. The molecule has 4 heteroatoms. The van der Waals surface area contributed by atoms with Gasteiger partial charge in [-0.3, -0.25) is 4.79 Å². The van der Waals surface area contributed by atoms with Gasteiger partial charge in [-0.15, -0.1) is 0 Å². The van der Waals surface area contributed by atoms with Gasteiger partial charge < -0.3 is 4.98 Å². The summed E-state index contributed by atoms with van der Waals surface area (Å²) < 4.78 is 0. The van der Waals surface area contributed by atoms with Crippen LogP contribution in [0.1, 0.15) is 35.2 Å². The van der Waals surface area contributed by atoms with Crippen molar-refractivity contribution in [3.05, 3.63) is 57.0 Å². The Bertz CT molecular complexity index is 768. The number of thioether (sulfide) groups is 1. The third kappa shape index (κ3) is 1.96. The van der Waals surface area contributed by atoms with Crippen molar-refractivity contribution in [1.82, 2.24) is 9.97 Å². The van der Waals surface area contributed by atoms with E-state index < -0.39 is 0 Å². The second-order valence-electron chi connectivity index (χ2n) is 6.11. The molecule has 108 valence electrons. The first kappa shape index (κ1) is 13.1. The lowest BCUT2D eigenvalue weighted by Crippen LogP contribution is -2.35. The Morgan fingerprint density at radius 2 is 2.05 bits per heavy atom. The maximum Gasteiger partial charge on any atom is 0.254 e. The SMILES string of the molecule is CSc1nc2c(c(=O)[nH]1)CCC1(CCc3ccccc31)C2. The molecule has 1 N–H and O–H groups in total. The van der Waals surface area contributed by atoms with Gasteiger partial charge in [0.25, 0.3) is 5.56 Å². The van der Waals surface area contributed by atoms with Crippen molar-refractivity contribution in [1.29, 1.82) is 0 Å². The van der Waals surface area contributed by atoms with Gasteiger partial charge >= 0.3 is 0 Å². The second-order valence-corrected chi connectivity index (χ2v) is 6.91. The lowest BCUT2D eigenvalue weighted by molar-refractivity contribution is 0.360. The molecule has 1 unspecified atom stereocenters. The number of fused-ring (bicyclic) bond motifs is 3. The van der Waals surface area contributed by atoms with Crippen LogP contribution in [0, 0.1) is 0 Å². The number of hydrogen-bond donors (Lipinski definition) is 1. The molecule has 1 spiro atoms. The number of hydrogen-bond acceptors (Lipinski definition) is 3. The van der Waals surface area contributed by atoms with Gasteiger partial charge in [-0.2, -0.15) is 0 Å². The maximum atomic E-state index is 12.2. The molecule has 0 amide bonds. The van der Waals surface area contributed by atoms with Crippen LogP contribution in [-0.4, -0.2) is 16.2 Å². The lowest BCUT2D eigenvalue weighted by atomic mass is 9.70. The van der Waals surface area contributed by atoms with E-state index in [9.17, 15) is 4.79 Å². The Balaban J connectivity index is 1.81. The van der Waals surface area contributed by atoms with Crippen LogP contribution in [0.25, 0.3) is 0 Å². The van der Waals surface area contributed by atoms with Crippen molar-refractivity contribution < 1.29 is 0 Å². The van der Waals surface area contributed by atoms with Gasteiger partial charge in [0, 0.05) is 11.0 Å². The number of benzene rings is 1. The van der Waals surface area contributed by atoms with Crippen LogP contribution >= 0.6 is 11.8 Å². The number of aryl methyl sites for hydroxylation is 1. The van der Waals surface area contributed by atoms with E-state index in [1.54, 1.807) is 0 Å². The summed E-state index contributed by atoms with van der Waals surface area (Å²) in [4.78, 5) is 19.8. The molecule has 3 nitrogen and oxygen atoms in total. The highest BCUT2D eigenvalue weighted by Gasteiger charge is 2.42. The highest BCUT2D eigenvalue weighted by Crippen LogP contribution is 2.46. The summed E-state index contributed by atoms with van der Waals surface area (Å²) in [6.07, 6.45) is 7.13. The van der Waals surface area contributed by atoms with E-state index in [4.69, 9.17) is 4.98 Å². The molecule has 21 heavy (non-hydrogen) atoms. The van der Waals surface area contributed by atoms with Gasteiger partial charge in [0.05, 0.1) is 5.69 Å². The zero-order chi connectivity index (χ0) is 14.4. The van der Waals surface area contributed by atoms with E-state index in [0.29, 0.717) is 0 Å². The molecule has 0 radical (unpaired) electrons. The number of aromatic nitrogens is 2. The highest BCUT2D eigenvalue weighted by atomic mass is 32.2. The standard InChI is InChI=1S/C17H18N2OS/c1-21-16-18-14-10-17(9-7-12(14)15(20)19-16)8-6-11-4-2-3-5-13(11)17/h2-5H,6-10H2,1H3,(H,18,19,20). The lowest BCUT2D eigenvalue weighted by Gasteiger charge is -2.35. The van der Waals surface area contributed by atoms with Crippen molar-refractivity contribution in [2.75, 3.05) is 6.26 Å². The first-order valence-corrected chi connectivity index (χ1v) is 8.69. The van der Waals surface area contributed by atoms with Crippen molar-refractivity contribution in [2.24, 2.45) is 0 Å². The summed E-state index contributed by atoms with van der Waals surface area (Å²) in [7, 11) is 0. The normalized spacial score (nSPS) is 23.1. The van der Waals surface area contributed by atoms with Gasteiger partial charge in [-0.05, 0) is 49.5 Å². The molecule has 0 saturated heterocycles. The average Bonchev–Trinajstić information content (AvgIpc) is 2.86. The molecule has 2 aliphatic carbocycles. The maximum absolute atomic E-state index is 12.2. The highest BCUT2D eigenvalue weighted by molar-refractivity contribution is 7.98. The quantitative estimate of drug-likeness (QED) is 0.650. The molecule has 1 heterocycles. The van der Waals surface area contributed by atoms with Gasteiger partial charge in [-0.25, -0.2) is 4.98 Å². The van der Waals surface area contributed by atoms with Crippen LogP contribution in [0.2, 0.25) is 0 Å². The fraction of sp³-hybridized carbons (Fsp3) is 0.412. The predicted molar refractivity (Wildman–Crippen MR) is 85.1 cm³/mol. The van der Waals surface area contributed by atoms with E-state index in [2.05, 4.69) is 29.2 Å². The van der Waals surface area contributed by atoms with E-state index >= 15 is 0 Å². The minimum Gasteiger partial charge on any atom is -0.301 e. The van der Waals surface area contributed by atoms with Crippen LogP contribution in [0.3, 0.4) is 0 Å². The Kier molecular flexibility index (Phi) is 2.96. The minimum atomic E-state index is 0.0606. The number of nitrogens with one attached hydrogen (secondary N) is 1. The zero-order valence-electron chi connectivity index (χ0n) is 12.1. The molecule has 0 bridgehead atoms. The summed E-state index contributed by atoms with van der Waals surface area (Å²) >= 11 is 1.51. The van der Waals surface area contributed by atoms with Crippen LogP contribution in [0.15, 0.2) is 34.2 Å². The first-order chi connectivity index (χ1) is 10.2. The molecule has 1 atom stereocenters. The topological polar surface area (TPSA) is 45.8 Å². The Morgan fingerprint density at radius 3 is 2.90 bits per heavy atom. The van der Waals surface area contributed by atoms with E-state index in [1.807, 2.05) is 6.26 Å². The third-order valence-corrected chi connectivity index (χ3v) is 5.67. The molecule has 0 aliphatic heterocycles. The number of nitrogens with zero attached hydrogens (tertiary/aromatic N) is 1. The third-order valence-electron chi connectivity index (χ3n) is 5.09.